The molecule has 0 aliphatic heterocycles. The zero-order valence-electron chi connectivity index (χ0n) is 8.07. The summed E-state index contributed by atoms with van der Waals surface area (Å²) in [6.45, 7) is 3.58. The Hall–Kier alpha value is -1.28. The minimum absolute atomic E-state index is 0.0537. The highest BCUT2D eigenvalue weighted by atomic mass is 32.2. The van der Waals surface area contributed by atoms with Crippen LogP contribution in [0.5, 0.6) is 0 Å². The largest absolute Gasteiger partial charge is 0.288 e. The minimum Gasteiger partial charge on any atom is -0.288 e. The number of hydrogen-bond acceptors (Lipinski definition) is 2. The number of thioether (sulfide) groups is 1. The lowest BCUT2D eigenvalue weighted by molar-refractivity contribution is 0.104. The molecular formula is C12H12OS. The van der Waals surface area contributed by atoms with E-state index < -0.39 is 0 Å². The van der Waals surface area contributed by atoms with E-state index in [1.807, 2.05) is 36.6 Å². The van der Waals surface area contributed by atoms with Crippen LogP contribution >= 0.6 is 11.8 Å². The third-order valence-electron chi connectivity index (χ3n) is 1.75. The summed E-state index contributed by atoms with van der Waals surface area (Å²) >= 11 is 1.44. The fraction of sp³-hybridized carbons (Fsp3) is 0.0833. The number of carbonyl (C=O) groups is 1. The van der Waals surface area contributed by atoms with Gasteiger partial charge in [-0.2, -0.15) is 0 Å². The molecule has 0 atom stereocenters. The molecule has 0 unspecified atom stereocenters. The van der Waals surface area contributed by atoms with Gasteiger partial charge in [-0.3, -0.25) is 4.79 Å². The second-order valence-corrected chi connectivity index (χ2v) is 3.51. The van der Waals surface area contributed by atoms with Gasteiger partial charge in [0.1, 0.15) is 0 Å². The molecule has 0 aromatic heterocycles. The Balaban J connectivity index is 2.95. The van der Waals surface area contributed by atoms with Crippen molar-refractivity contribution in [2.24, 2.45) is 0 Å². The van der Waals surface area contributed by atoms with Crippen LogP contribution in [0.1, 0.15) is 10.4 Å². The molecule has 0 saturated heterocycles. The third-order valence-corrected chi connectivity index (χ3v) is 2.51. The molecule has 0 amide bonds. The van der Waals surface area contributed by atoms with Crippen LogP contribution in [0.15, 0.2) is 54.0 Å². The van der Waals surface area contributed by atoms with Crippen molar-refractivity contribution < 1.29 is 4.79 Å². The second-order valence-electron chi connectivity index (χ2n) is 2.67. The number of carbonyl (C=O) groups excluding carboxylic acids is 1. The maximum absolute atomic E-state index is 11.8. The Morgan fingerprint density at radius 2 is 2.00 bits per heavy atom. The molecule has 0 saturated carbocycles. The normalized spacial score (nSPS) is 11.1. The molecule has 1 nitrogen and oxygen atoms in total. The molecule has 0 N–H and O–H groups in total. The Kier molecular flexibility index (Phi) is 4.20. The average Bonchev–Trinajstić information content (AvgIpc) is 2.26. The predicted octanol–water partition coefficient (Wildman–Crippen LogP) is 3.30. The fourth-order valence-electron chi connectivity index (χ4n) is 1.08. The zero-order valence-corrected chi connectivity index (χ0v) is 8.88. The van der Waals surface area contributed by atoms with Crippen LogP contribution in [0.25, 0.3) is 0 Å². The number of Topliss-reactive ketones (excluding diaryl/α,β-unsaturated/α-hetero) is 1. The first-order valence-corrected chi connectivity index (χ1v) is 5.48. The van der Waals surface area contributed by atoms with Gasteiger partial charge >= 0.3 is 0 Å². The summed E-state index contributed by atoms with van der Waals surface area (Å²) in [7, 11) is 0. The summed E-state index contributed by atoms with van der Waals surface area (Å²) in [6, 6.07) is 9.25. The Morgan fingerprint density at radius 3 is 2.50 bits per heavy atom. The molecule has 0 radical (unpaired) electrons. The van der Waals surface area contributed by atoms with Gasteiger partial charge in [-0.1, -0.05) is 43.0 Å². The van der Waals surface area contributed by atoms with Gasteiger partial charge in [-0.15, -0.1) is 11.8 Å². The topological polar surface area (TPSA) is 17.1 Å². The van der Waals surface area contributed by atoms with Gasteiger partial charge in [-0.25, -0.2) is 0 Å². The van der Waals surface area contributed by atoms with Crippen molar-refractivity contribution in [2.45, 2.75) is 0 Å². The van der Waals surface area contributed by atoms with E-state index in [2.05, 4.69) is 6.58 Å². The van der Waals surface area contributed by atoms with E-state index in [9.17, 15) is 4.79 Å². The lowest BCUT2D eigenvalue weighted by atomic mass is 10.1. The van der Waals surface area contributed by atoms with Crippen molar-refractivity contribution in [3.05, 3.63) is 59.5 Å². The predicted molar refractivity (Wildman–Crippen MR) is 62.6 cm³/mol. The number of allylic oxidation sites excluding steroid dienone is 3. The van der Waals surface area contributed by atoms with Gasteiger partial charge in [-0.05, 0) is 12.3 Å². The molecule has 0 fully saturated rings. The van der Waals surface area contributed by atoms with Crippen molar-refractivity contribution >= 4 is 17.5 Å². The van der Waals surface area contributed by atoms with Crippen LogP contribution in [-0.2, 0) is 0 Å². The lowest BCUT2D eigenvalue weighted by Crippen LogP contribution is -1.99. The minimum atomic E-state index is 0.0537. The molecule has 72 valence electrons. The Bertz CT molecular complexity index is 352. The summed E-state index contributed by atoms with van der Waals surface area (Å²) in [5.74, 6) is 0.0537. The third kappa shape index (κ3) is 2.60. The van der Waals surface area contributed by atoms with Crippen molar-refractivity contribution in [3.8, 4) is 0 Å². The highest BCUT2D eigenvalue weighted by Crippen LogP contribution is 2.17. The molecule has 1 aromatic carbocycles. The van der Waals surface area contributed by atoms with E-state index in [0.717, 1.165) is 5.56 Å². The summed E-state index contributed by atoms with van der Waals surface area (Å²) < 4.78 is 0. The maximum Gasteiger partial charge on any atom is 0.199 e. The smallest absolute Gasteiger partial charge is 0.199 e. The van der Waals surface area contributed by atoms with Crippen molar-refractivity contribution in [2.75, 3.05) is 6.26 Å². The highest BCUT2D eigenvalue weighted by Gasteiger charge is 2.09. The molecule has 14 heavy (non-hydrogen) atoms. The molecule has 0 spiro atoms. The lowest BCUT2D eigenvalue weighted by Gasteiger charge is -2.01. The Labute approximate surface area is 88.5 Å². The van der Waals surface area contributed by atoms with Crippen LogP contribution in [-0.4, -0.2) is 12.0 Å². The van der Waals surface area contributed by atoms with Crippen LogP contribution in [0.2, 0.25) is 0 Å². The van der Waals surface area contributed by atoms with E-state index in [1.165, 1.54) is 11.8 Å². The first kappa shape index (κ1) is 10.8. The summed E-state index contributed by atoms with van der Waals surface area (Å²) in [5.41, 5.74) is 0.718. The van der Waals surface area contributed by atoms with Crippen LogP contribution in [0.4, 0.5) is 0 Å². The van der Waals surface area contributed by atoms with Gasteiger partial charge in [0, 0.05) is 5.56 Å². The van der Waals surface area contributed by atoms with Gasteiger partial charge < -0.3 is 0 Å². The van der Waals surface area contributed by atoms with Gasteiger partial charge in [0.05, 0.1) is 4.91 Å². The molecule has 0 bridgehead atoms. The standard InChI is InChI=1S/C12H12OS/c1-3-7-11(14-2)12(13)10-8-5-4-6-9-10/h3-9H,1H2,2H3/b11-7-. The van der Waals surface area contributed by atoms with Crippen molar-refractivity contribution in [3.63, 3.8) is 0 Å². The molecule has 1 aromatic rings. The van der Waals surface area contributed by atoms with E-state index in [0.29, 0.717) is 4.91 Å². The average molecular weight is 204 g/mol. The molecular weight excluding hydrogens is 192 g/mol. The zero-order chi connectivity index (χ0) is 10.4. The molecule has 0 heterocycles. The van der Waals surface area contributed by atoms with Crippen LogP contribution < -0.4 is 0 Å². The number of hydrogen-bond donors (Lipinski definition) is 0. The first-order valence-electron chi connectivity index (χ1n) is 4.26. The van der Waals surface area contributed by atoms with Gasteiger partial charge in [0.2, 0.25) is 0 Å². The van der Waals surface area contributed by atoms with E-state index in [1.54, 1.807) is 12.2 Å². The number of ketones is 1. The Morgan fingerprint density at radius 1 is 1.36 bits per heavy atom. The fourth-order valence-corrected chi connectivity index (χ4v) is 1.61. The van der Waals surface area contributed by atoms with E-state index >= 15 is 0 Å². The maximum atomic E-state index is 11.8. The molecule has 0 aliphatic carbocycles. The number of benzene rings is 1. The van der Waals surface area contributed by atoms with Crippen molar-refractivity contribution in [1.82, 2.24) is 0 Å². The quantitative estimate of drug-likeness (QED) is 0.425. The van der Waals surface area contributed by atoms with Crippen LogP contribution in [0.3, 0.4) is 0 Å². The summed E-state index contributed by atoms with van der Waals surface area (Å²) in [6.07, 6.45) is 5.25. The van der Waals surface area contributed by atoms with E-state index in [4.69, 9.17) is 0 Å². The summed E-state index contributed by atoms with van der Waals surface area (Å²) in [5, 5.41) is 0. The van der Waals surface area contributed by atoms with Crippen molar-refractivity contribution in [1.29, 1.82) is 0 Å². The second kappa shape index (κ2) is 5.45. The summed E-state index contributed by atoms with van der Waals surface area (Å²) in [4.78, 5) is 12.5. The van der Waals surface area contributed by atoms with Gasteiger partial charge in [0.15, 0.2) is 5.78 Å². The van der Waals surface area contributed by atoms with Gasteiger partial charge in [0.25, 0.3) is 0 Å². The first-order chi connectivity index (χ1) is 6.79. The molecule has 2 heteroatoms. The monoisotopic (exact) mass is 204 g/mol. The van der Waals surface area contributed by atoms with Crippen LogP contribution in [0, 0.1) is 0 Å². The highest BCUT2D eigenvalue weighted by molar-refractivity contribution is 8.03. The number of rotatable bonds is 4. The molecule has 0 aliphatic rings. The SMILES string of the molecule is C=C/C=C(\SC)C(=O)c1ccccc1. The van der Waals surface area contributed by atoms with E-state index in [-0.39, 0.29) is 5.78 Å². The molecule has 1 rings (SSSR count).